The molecule has 21 heavy (non-hydrogen) atoms. The van der Waals surface area contributed by atoms with Crippen molar-refractivity contribution in [1.82, 2.24) is 5.32 Å². The highest BCUT2D eigenvalue weighted by molar-refractivity contribution is 9.09. The lowest BCUT2D eigenvalue weighted by Gasteiger charge is -2.41. The van der Waals surface area contributed by atoms with Crippen molar-refractivity contribution in [2.75, 3.05) is 26.7 Å². The number of amides is 1. The highest BCUT2D eigenvalue weighted by Crippen LogP contribution is 2.37. The maximum absolute atomic E-state index is 12.6. The van der Waals surface area contributed by atoms with E-state index in [0.29, 0.717) is 22.8 Å². The molecule has 0 aliphatic heterocycles. The molecular weight excluding hydrogens is 338 g/mol. The summed E-state index contributed by atoms with van der Waals surface area (Å²) in [5, 5.41) is 3.85. The molecule has 0 radical (unpaired) electrons. The lowest BCUT2D eigenvalue weighted by molar-refractivity contribution is 0.0853. The van der Waals surface area contributed by atoms with Crippen LogP contribution in [0.2, 0.25) is 0 Å². The van der Waals surface area contributed by atoms with Crippen molar-refractivity contribution in [3.63, 3.8) is 0 Å². The summed E-state index contributed by atoms with van der Waals surface area (Å²) >= 11 is 3.48. The molecule has 116 valence electrons. The summed E-state index contributed by atoms with van der Waals surface area (Å²) in [7, 11) is 4.62. The zero-order valence-corrected chi connectivity index (χ0v) is 14.1. The molecule has 1 aliphatic rings. The van der Waals surface area contributed by atoms with Crippen molar-refractivity contribution < 1.29 is 19.0 Å². The van der Waals surface area contributed by atoms with Crippen LogP contribution >= 0.6 is 15.9 Å². The number of rotatable bonds is 6. The van der Waals surface area contributed by atoms with Crippen LogP contribution in [0.25, 0.3) is 0 Å². The van der Waals surface area contributed by atoms with Crippen LogP contribution in [-0.2, 0) is 0 Å². The standard InChI is InChI=1S/C15H20BrNO4/c1-19-11-8-13(21-3)12(20-2)7-10(11)14(18)17-15(9-16)5-4-6-15/h7-8H,4-6,9H2,1-3H3,(H,17,18). The number of hydrogen-bond donors (Lipinski definition) is 1. The SMILES string of the molecule is COc1cc(OC)c(C(=O)NC2(CBr)CCC2)cc1OC. The third-order valence-electron chi connectivity index (χ3n) is 3.90. The fourth-order valence-corrected chi connectivity index (χ4v) is 3.11. The van der Waals surface area contributed by atoms with Gasteiger partial charge in [-0.25, -0.2) is 0 Å². The summed E-state index contributed by atoms with van der Waals surface area (Å²) in [5.41, 5.74) is 0.303. The van der Waals surface area contributed by atoms with Gasteiger partial charge in [0.05, 0.1) is 32.4 Å². The molecule has 0 unspecified atom stereocenters. The molecular formula is C15H20BrNO4. The van der Waals surface area contributed by atoms with Crippen LogP contribution in [0.15, 0.2) is 12.1 Å². The Morgan fingerprint density at radius 1 is 1.14 bits per heavy atom. The minimum atomic E-state index is -0.160. The van der Waals surface area contributed by atoms with Gasteiger partial charge in [0.2, 0.25) is 0 Å². The van der Waals surface area contributed by atoms with Gasteiger partial charge in [0.25, 0.3) is 5.91 Å². The Balaban J connectivity index is 2.31. The van der Waals surface area contributed by atoms with Gasteiger partial charge in [-0.3, -0.25) is 4.79 Å². The van der Waals surface area contributed by atoms with Gasteiger partial charge in [0, 0.05) is 17.5 Å². The zero-order valence-electron chi connectivity index (χ0n) is 12.5. The van der Waals surface area contributed by atoms with E-state index in [9.17, 15) is 4.79 Å². The Hall–Kier alpha value is -1.43. The molecule has 1 N–H and O–H groups in total. The Kier molecular flexibility index (Phi) is 4.98. The maximum atomic E-state index is 12.6. The smallest absolute Gasteiger partial charge is 0.255 e. The van der Waals surface area contributed by atoms with E-state index in [-0.39, 0.29) is 11.4 Å². The second-order valence-electron chi connectivity index (χ2n) is 5.13. The van der Waals surface area contributed by atoms with E-state index in [2.05, 4.69) is 21.2 Å². The number of carbonyl (C=O) groups excluding carboxylic acids is 1. The summed E-state index contributed by atoms with van der Waals surface area (Å²) in [6, 6.07) is 3.31. The minimum Gasteiger partial charge on any atom is -0.496 e. The van der Waals surface area contributed by atoms with Gasteiger partial charge in [-0.2, -0.15) is 0 Å². The highest BCUT2D eigenvalue weighted by Gasteiger charge is 2.38. The van der Waals surface area contributed by atoms with Crippen LogP contribution in [-0.4, -0.2) is 38.1 Å². The third kappa shape index (κ3) is 3.10. The van der Waals surface area contributed by atoms with Crippen LogP contribution in [0.3, 0.4) is 0 Å². The quantitative estimate of drug-likeness (QED) is 0.795. The predicted molar refractivity (Wildman–Crippen MR) is 83.9 cm³/mol. The first-order valence-corrected chi connectivity index (χ1v) is 7.90. The first-order chi connectivity index (χ1) is 10.1. The molecule has 0 bridgehead atoms. The van der Waals surface area contributed by atoms with Crippen molar-refractivity contribution in [2.45, 2.75) is 24.8 Å². The van der Waals surface area contributed by atoms with E-state index >= 15 is 0 Å². The van der Waals surface area contributed by atoms with Gasteiger partial charge in [0.1, 0.15) is 5.75 Å². The van der Waals surface area contributed by atoms with Gasteiger partial charge in [-0.15, -0.1) is 0 Å². The second kappa shape index (κ2) is 6.56. The Morgan fingerprint density at radius 3 is 2.14 bits per heavy atom. The molecule has 1 amide bonds. The van der Waals surface area contributed by atoms with Gasteiger partial charge in [0.15, 0.2) is 11.5 Å². The maximum Gasteiger partial charge on any atom is 0.255 e. The Labute approximate surface area is 133 Å². The van der Waals surface area contributed by atoms with Crippen molar-refractivity contribution in [3.8, 4) is 17.2 Å². The van der Waals surface area contributed by atoms with Crippen molar-refractivity contribution in [2.24, 2.45) is 0 Å². The molecule has 6 heteroatoms. The molecule has 1 saturated carbocycles. The number of nitrogens with one attached hydrogen (secondary N) is 1. The van der Waals surface area contributed by atoms with Gasteiger partial charge in [-0.1, -0.05) is 15.9 Å². The fraction of sp³-hybridized carbons (Fsp3) is 0.533. The molecule has 0 atom stereocenters. The largest absolute Gasteiger partial charge is 0.496 e. The van der Waals surface area contributed by atoms with Crippen molar-refractivity contribution in [3.05, 3.63) is 17.7 Å². The summed E-state index contributed by atoms with van der Waals surface area (Å²) < 4.78 is 15.8. The molecule has 0 heterocycles. The van der Waals surface area contributed by atoms with E-state index in [1.54, 1.807) is 19.2 Å². The summed E-state index contributed by atoms with van der Waals surface area (Å²) in [6.45, 7) is 0. The molecule has 1 aliphatic carbocycles. The number of alkyl halides is 1. The first-order valence-electron chi connectivity index (χ1n) is 6.77. The van der Waals surface area contributed by atoms with Crippen molar-refractivity contribution in [1.29, 1.82) is 0 Å². The van der Waals surface area contributed by atoms with E-state index in [4.69, 9.17) is 14.2 Å². The molecule has 0 saturated heterocycles. The van der Waals surface area contributed by atoms with E-state index in [1.807, 2.05) is 0 Å². The second-order valence-corrected chi connectivity index (χ2v) is 5.69. The molecule has 1 fully saturated rings. The summed E-state index contributed by atoms with van der Waals surface area (Å²) in [4.78, 5) is 12.6. The Morgan fingerprint density at radius 2 is 1.71 bits per heavy atom. The van der Waals surface area contributed by atoms with Gasteiger partial charge < -0.3 is 19.5 Å². The molecule has 0 spiro atoms. The lowest BCUT2D eigenvalue weighted by Crippen LogP contribution is -2.54. The van der Waals surface area contributed by atoms with Crippen LogP contribution in [0.5, 0.6) is 17.2 Å². The van der Waals surface area contributed by atoms with Crippen LogP contribution in [0.4, 0.5) is 0 Å². The number of methoxy groups -OCH3 is 3. The Bertz CT molecular complexity index is 523. The third-order valence-corrected chi connectivity index (χ3v) is 4.97. The molecule has 5 nitrogen and oxygen atoms in total. The van der Waals surface area contributed by atoms with Crippen LogP contribution < -0.4 is 19.5 Å². The molecule has 0 aromatic heterocycles. The predicted octanol–water partition coefficient (Wildman–Crippen LogP) is 2.76. The van der Waals surface area contributed by atoms with Gasteiger partial charge in [-0.05, 0) is 19.3 Å². The lowest BCUT2D eigenvalue weighted by atomic mass is 9.78. The number of benzene rings is 1. The molecule has 1 aromatic carbocycles. The number of ether oxygens (including phenoxy) is 3. The first kappa shape index (κ1) is 15.9. The average Bonchev–Trinajstić information content (AvgIpc) is 2.49. The number of hydrogen-bond acceptors (Lipinski definition) is 4. The van der Waals surface area contributed by atoms with E-state index in [1.165, 1.54) is 14.2 Å². The summed E-state index contributed by atoms with van der Waals surface area (Å²) in [5.74, 6) is 1.34. The van der Waals surface area contributed by atoms with E-state index in [0.717, 1.165) is 24.6 Å². The topological polar surface area (TPSA) is 56.8 Å². The fourth-order valence-electron chi connectivity index (χ4n) is 2.41. The average molecular weight is 358 g/mol. The minimum absolute atomic E-state index is 0.144. The molecule has 2 rings (SSSR count). The van der Waals surface area contributed by atoms with Crippen LogP contribution in [0, 0.1) is 0 Å². The molecule has 1 aromatic rings. The number of halogens is 1. The van der Waals surface area contributed by atoms with Crippen LogP contribution in [0.1, 0.15) is 29.6 Å². The summed E-state index contributed by atoms with van der Waals surface area (Å²) in [6.07, 6.45) is 3.11. The van der Waals surface area contributed by atoms with Gasteiger partial charge >= 0.3 is 0 Å². The zero-order chi connectivity index (χ0) is 15.5. The highest BCUT2D eigenvalue weighted by atomic mass is 79.9. The number of carbonyl (C=O) groups is 1. The van der Waals surface area contributed by atoms with E-state index < -0.39 is 0 Å². The normalized spacial score (nSPS) is 15.8. The monoisotopic (exact) mass is 357 g/mol. The van der Waals surface area contributed by atoms with Crippen molar-refractivity contribution >= 4 is 21.8 Å².